The first-order chi connectivity index (χ1) is 10.3. The molecule has 1 aliphatic rings. The van der Waals surface area contributed by atoms with Crippen molar-refractivity contribution in [1.29, 1.82) is 0 Å². The van der Waals surface area contributed by atoms with Crippen molar-refractivity contribution in [2.45, 2.75) is 39.2 Å². The Hall–Kier alpha value is -1.07. The minimum atomic E-state index is 0.345. The lowest BCUT2D eigenvalue weighted by Crippen LogP contribution is -2.41. The van der Waals surface area contributed by atoms with Crippen LogP contribution in [0.4, 0.5) is 0 Å². The molecule has 2 heterocycles. The van der Waals surface area contributed by atoms with E-state index in [-0.39, 0.29) is 0 Å². The van der Waals surface area contributed by atoms with Gasteiger partial charge in [0, 0.05) is 31.1 Å². The highest BCUT2D eigenvalue weighted by molar-refractivity contribution is 7.09. The zero-order valence-corrected chi connectivity index (χ0v) is 13.9. The fourth-order valence-corrected chi connectivity index (χ4v) is 3.31. The number of nitrogens with one attached hydrogen (secondary N) is 2. The van der Waals surface area contributed by atoms with Gasteiger partial charge in [-0.15, -0.1) is 11.3 Å². The molecule has 5 heteroatoms. The molecule has 1 aromatic heterocycles. The van der Waals surface area contributed by atoms with Gasteiger partial charge in [0.1, 0.15) is 0 Å². The highest BCUT2D eigenvalue weighted by atomic mass is 32.1. The van der Waals surface area contributed by atoms with Crippen molar-refractivity contribution in [1.82, 2.24) is 10.6 Å². The lowest BCUT2D eigenvalue weighted by molar-refractivity contribution is 0.114. The van der Waals surface area contributed by atoms with E-state index in [1.54, 1.807) is 0 Å². The predicted molar refractivity (Wildman–Crippen MR) is 90.1 cm³/mol. The van der Waals surface area contributed by atoms with E-state index in [1.165, 1.54) is 11.3 Å². The quantitative estimate of drug-likeness (QED) is 0.601. The van der Waals surface area contributed by atoms with Crippen LogP contribution in [0.3, 0.4) is 0 Å². The number of aliphatic imine (C=N–C) groups is 1. The van der Waals surface area contributed by atoms with E-state index in [2.05, 4.69) is 42.0 Å². The summed E-state index contributed by atoms with van der Waals surface area (Å²) in [5.74, 6) is 1.47. The molecule has 1 saturated heterocycles. The molecule has 4 nitrogen and oxygen atoms in total. The Morgan fingerprint density at radius 1 is 1.52 bits per heavy atom. The van der Waals surface area contributed by atoms with Crippen LogP contribution in [0.2, 0.25) is 0 Å². The molecule has 21 heavy (non-hydrogen) atoms. The molecule has 0 aliphatic carbocycles. The SMILES string of the molecule is CCNC(=NCC(C)Cc1cccs1)NCC1CCCO1. The van der Waals surface area contributed by atoms with Gasteiger partial charge >= 0.3 is 0 Å². The van der Waals surface area contributed by atoms with E-state index in [0.717, 1.165) is 45.0 Å². The van der Waals surface area contributed by atoms with E-state index in [9.17, 15) is 0 Å². The summed E-state index contributed by atoms with van der Waals surface area (Å²) in [6, 6.07) is 4.31. The average Bonchev–Trinajstić information content (AvgIpc) is 3.15. The predicted octanol–water partition coefficient (Wildman–Crippen LogP) is 2.66. The van der Waals surface area contributed by atoms with Gasteiger partial charge in [-0.3, -0.25) is 4.99 Å². The highest BCUT2D eigenvalue weighted by Gasteiger charge is 2.15. The number of rotatable bonds is 7. The van der Waals surface area contributed by atoms with E-state index in [0.29, 0.717) is 12.0 Å². The Labute approximate surface area is 132 Å². The third kappa shape index (κ3) is 6.06. The zero-order chi connectivity index (χ0) is 14.9. The first kappa shape index (κ1) is 16.3. The summed E-state index contributed by atoms with van der Waals surface area (Å²) in [7, 11) is 0. The lowest BCUT2D eigenvalue weighted by atomic mass is 10.1. The topological polar surface area (TPSA) is 45.7 Å². The second-order valence-electron chi connectivity index (χ2n) is 5.62. The van der Waals surface area contributed by atoms with Crippen molar-refractivity contribution < 1.29 is 4.74 Å². The molecule has 0 spiro atoms. The molecule has 0 amide bonds. The summed E-state index contributed by atoms with van der Waals surface area (Å²) in [6.45, 7) is 7.84. The molecule has 0 saturated carbocycles. The standard InChI is InChI=1S/C16H27N3OS/c1-3-17-16(19-12-14-6-4-8-20-14)18-11-13(2)10-15-7-5-9-21-15/h5,7,9,13-14H,3-4,6,8,10-12H2,1-2H3,(H2,17,18,19). The van der Waals surface area contributed by atoms with E-state index in [1.807, 2.05) is 11.3 Å². The molecule has 2 atom stereocenters. The van der Waals surface area contributed by atoms with Crippen LogP contribution in [-0.4, -0.2) is 38.3 Å². The molecule has 118 valence electrons. The first-order valence-electron chi connectivity index (χ1n) is 7.94. The van der Waals surface area contributed by atoms with E-state index < -0.39 is 0 Å². The van der Waals surface area contributed by atoms with Crippen LogP contribution < -0.4 is 10.6 Å². The van der Waals surface area contributed by atoms with Crippen molar-refractivity contribution in [2.24, 2.45) is 10.9 Å². The van der Waals surface area contributed by atoms with Crippen LogP contribution in [0.5, 0.6) is 0 Å². The van der Waals surface area contributed by atoms with Gasteiger partial charge in [-0.1, -0.05) is 13.0 Å². The summed E-state index contributed by atoms with van der Waals surface area (Å²) in [4.78, 5) is 6.14. The summed E-state index contributed by atoms with van der Waals surface area (Å²) >= 11 is 1.83. The van der Waals surface area contributed by atoms with Gasteiger partial charge in [0.2, 0.25) is 0 Å². The Morgan fingerprint density at radius 3 is 3.10 bits per heavy atom. The molecule has 2 N–H and O–H groups in total. The number of nitrogens with zero attached hydrogens (tertiary/aromatic N) is 1. The Balaban J connectivity index is 1.75. The molecular weight excluding hydrogens is 282 g/mol. The van der Waals surface area contributed by atoms with Gasteiger partial charge < -0.3 is 15.4 Å². The smallest absolute Gasteiger partial charge is 0.191 e. The fourth-order valence-electron chi connectivity index (χ4n) is 2.44. The van der Waals surface area contributed by atoms with Gasteiger partial charge in [-0.2, -0.15) is 0 Å². The molecule has 0 radical (unpaired) electrons. The van der Waals surface area contributed by atoms with Gasteiger partial charge in [-0.25, -0.2) is 0 Å². The summed E-state index contributed by atoms with van der Waals surface area (Å²) in [6.07, 6.45) is 3.78. The monoisotopic (exact) mass is 309 g/mol. The molecule has 1 aromatic rings. The number of ether oxygens (including phenoxy) is 1. The molecule has 0 bridgehead atoms. The third-order valence-corrected chi connectivity index (χ3v) is 4.45. The molecule has 2 unspecified atom stereocenters. The normalized spacial score (nSPS) is 20.5. The Bertz CT molecular complexity index is 413. The van der Waals surface area contributed by atoms with E-state index in [4.69, 9.17) is 9.73 Å². The second kappa shape index (κ2) is 9.05. The molecule has 2 rings (SSSR count). The fraction of sp³-hybridized carbons (Fsp3) is 0.688. The molecule has 0 aromatic carbocycles. The summed E-state index contributed by atoms with van der Waals surface area (Å²) in [5, 5.41) is 8.84. The highest BCUT2D eigenvalue weighted by Crippen LogP contribution is 2.14. The Morgan fingerprint density at radius 2 is 2.43 bits per heavy atom. The first-order valence-corrected chi connectivity index (χ1v) is 8.82. The van der Waals surface area contributed by atoms with Crippen molar-refractivity contribution in [3.63, 3.8) is 0 Å². The minimum Gasteiger partial charge on any atom is -0.376 e. The van der Waals surface area contributed by atoms with Crippen LogP contribution in [0.25, 0.3) is 0 Å². The van der Waals surface area contributed by atoms with E-state index >= 15 is 0 Å². The zero-order valence-electron chi connectivity index (χ0n) is 13.1. The third-order valence-electron chi connectivity index (χ3n) is 3.56. The van der Waals surface area contributed by atoms with Gasteiger partial charge in [0.25, 0.3) is 0 Å². The molecule has 1 aliphatic heterocycles. The number of hydrogen-bond acceptors (Lipinski definition) is 3. The number of hydrogen-bond donors (Lipinski definition) is 2. The molecule has 1 fully saturated rings. The number of thiophene rings is 1. The minimum absolute atomic E-state index is 0.345. The van der Waals surface area contributed by atoms with Gasteiger partial charge in [0.05, 0.1) is 6.10 Å². The largest absolute Gasteiger partial charge is 0.376 e. The van der Waals surface area contributed by atoms with Crippen LogP contribution in [-0.2, 0) is 11.2 Å². The maximum atomic E-state index is 5.63. The van der Waals surface area contributed by atoms with Crippen molar-refractivity contribution in [3.8, 4) is 0 Å². The van der Waals surface area contributed by atoms with Gasteiger partial charge in [0.15, 0.2) is 5.96 Å². The van der Waals surface area contributed by atoms with Crippen LogP contribution >= 0.6 is 11.3 Å². The maximum absolute atomic E-state index is 5.63. The van der Waals surface area contributed by atoms with Crippen molar-refractivity contribution in [3.05, 3.63) is 22.4 Å². The second-order valence-corrected chi connectivity index (χ2v) is 6.66. The maximum Gasteiger partial charge on any atom is 0.191 e. The average molecular weight is 309 g/mol. The van der Waals surface area contributed by atoms with Gasteiger partial charge in [-0.05, 0) is 43.6 Å². The molecular formula is C16H27N3OS. The summed E-state index contributed by atoms with van der Waals surface area (Å²) < 4.78 is 5.63. The summed E-state index contributed by atoms with van der Waals surface area (Å²) in [5.41, 5.74) is 0. The number of guanidine groups is 1. The Kier molecular flexibility index (Phi) is 7.03. The van der Waals surface area contributed by atoms with Crippen LogP contribution in [0, 0.1) is 5.92 Å². The van der Waals surface area contributed by atoms with Crippen LogP contribution in [0.1, 0.15) is 31.6 Å². The van der Waals surface area contributed by atoms with Crippen LogP contribution in [0.15, 0.2) is 22.5 Å². The van der Waals surface area contributed by atoms with Crippen molar-refractivity contribution >= 4 is 17.3 Å². The lowest BCUT2D eigenvalue weighted by Gasteiger charge is -2.15. The van der Waals surface area contributed by atoms with Crippen molar-refractivity contribution in [2.75, 3.05) is 26.2 Å².